The molecular formula is C14H16BrN5. The number of nitrogens with two attached hydrogens (primary N) is 1. The first kappa shape index (κ1) is 13.3. The maximum atomic E-state index is 5.38. The Morgan fingerprint density at radius 2 is 2.10 bits per heavy atom. The lowest BCUT2D eigenvalue weighted by Gasteiger charge is -2.19. The molecule has 0 saturated carbocycles. The molecule has 3 rings (SSSR count). The largest absolute Gasteiger partial charge is 0.355 e. The van der Waals surface area contributed by atoms with E-state index in [9.17, 15) is 0 Å². The topological polar surface area (TPSA) is 67.1 Å². The second kappa shape index (κ2) is 5.76. The third-order valence-corrected chi connectivity index (χ3v) is 4.17. The van der Waals surface area contributed by atoms with Gasteiger partial charge in [0.2, 0.25) is 5.95 Å². The number of hydrazine groups is 1. The molecule has 1 fully saturated rings. The standard InChI is InChI=1S/C14H16BrN5/c15-12-8-17-14(19-16)18-13(12)20-7-6-11(9-20)10-4-2-1-3-5-10/h1-5,8,11H,6-7,9,16H2,(H,17,18,19). The molecule has 0 amide bonds. The van der Waals surface area contributed by atoms with Gasteiger partial charge in [-0.3, -0.25) is 5.43 Å². The van der Waals surface area contributed by atoms with Gasteiger partial charge in [-0.1, -0.05) is 30.3 Å². The molecule has 1 aromatic carbocycles. The van der Waals surface area contributed by atoms with Crippen LogP contribution in [0, 0.1) is 0 Å². The number of nitrogens with zero attached hydrogens (tertiary/aromatic N) is 3. The third kappa shape index (κ3) is 2.62. The average Bonchev–Trinajstić information content (AvgIpc) is 2.98. The Morgan fingerprint density at radius 3 is 2.85 bits per heavy atom. The lowest BCUT2D eigenvalue weighted by molar-refractivity contribution is 0.774. The van der Waals surface area contributed by atoms with E-state index >= 15 is 0 Å². The first-order valence-corrected chi connectivity index (χ1v) is 7.36. The van der Waals surface area contributed by atoms with Gasteiger partial charge in [0.25, 0.3) is 0 Å². The van der Waals surface area contributed by atoms with Crippen LogP contribution in [0.3, 0.4) is 0 Å². The van der Waals surface area contributed by atoms with E-state index in [2.05, 4.69) is 66.6 Å². The molecule has 1 atom stereocenters. The maximum Gasteiger partial charge on any atom is 0.239 e. The molecule has 20 heavy (non-hydrogen) atoms. The fourth-order valence-corrected chi connectivity index (χ4v) is 3.04. The van der Waals surface area contributed by atoms with Gasteiger partial charge < -0.3 is 4.90 Å². The lowest BCUT2D eigenvalue weighted by atomic mass is 9.99. The van der Waals surface area contributed by atoms with Gasteiger partial charge in [-0.15, -0.1) is 0 Å². The molecule has 104 valence electrons. The summed E-state index contributed by atoms with van der Waals surface area (Å²) in [5, 5.41) is 0. The maximum absolute atomic E-state index is 5.38. The number of halogens is 1. The molecule has 5 nitrogen and oxygen atoms in total. The van der Waals surface area contributed by atoms with Crippen LogP contribution in [0.5, 0.6) is 0 Å². The van der Waals surface area contributed by atoms with Gasteiger partial charge in [-0.05, 0) is 27.9 Å². The Bertz CT molecular complexity index is 589. The summed E-state index contributed by atoms with van der Waals surface area (Å²) in [6.45, 7) is 1.95. The number of anilines is 2. The minimum atomic E-state index is 0.436. The highest BCUT2D eigenvalue weighted by atomic mass is 79.9. The van der Waals surface area contributed by atoms with Gasteiger partial charge in [0.05, 0.1) is 4.47 Å². The zero-order chi connectivity index (χ0) is 13.9. The number of rotatable bonds is 3. The highest BCUT2D eigenvalue weighted by molar-refractivity contribution is 9.10. The predicted molar refractivity (Wildman–Crippen MR) is 83.6 cm³/mol. The summed E-state index contributed by atoms with van der Waals surface area (Å²) in [6, 6.07) is 10.6. The molecule has 0 bridgehead atoms. The Labute approximate surface area is 126 Å². The summed E-state index contributed by atoms with van der Waals surface area (Å²) >= 11 is 3.51. The van der Waals surface area contributed by atoms with Gasteiger partial charge >= 0.3 is 0 Å². The van der Waals surface area contributed by atoms with Crippen LogP contribution in [0.1, 0.15) is 17.9 Å². The molecular weight excluding hydrogens is 318 g/mol. The number of nitrogen functional groups attached to an aromatic ring is 1. The van der Waals surface area contributed by atoms with Crippen LogP contribution in [0.15, 0.2) is 41.0 Å². The van der Waals surface area contributed by atoms with Gasteiger partial charge in [0.1, 0.15) is 5.82 Å². The van der Waals surface area contributed by atoms with E-state index in [4.69, 9.17) is 5.84 Å². The fraction of sp³-hybridized carbons (Fsp3) is 0.286. The lowest BCUT2D eigenvalue weighted by Crippen LogP contribution is -2.22. The highest BCUT2D eigenvalue weighted by Gasteiger charge is 2.26. The smallest absolute Gasteiger partial charge is 0.239 e. The SMILES string of the molecule is NNc1ncc(Br)c(N2CCC(c3ccccc3)C2)n1. The molecule has 0 spiro atoms. The number of nitrogens with one attached hydrogen (secondary N) is 1. The zero-order valence-corrected chi connectivity index (χ0v) is 12.5. The summed E-state index contributed by atoms with van der Waals surface area (Å²) in [7, 11) is 0. The zero-order valence-electron chi connectivity index (χ0n) is 11.0. The van der Waals surface area contributed by atoms with Crippen LogP contribution in [0.4, 0.5) is 11.8 Å². The number of hydrogen-bond donors (Lipinski definition) is 2. The number of aromatic nitrogens is 2. The molecule has 1 saturated heterocycles. The van der Waals surface area contributed by atoms with E-state index in [0.29, 0.717) is 11.9 Å². The van der Waals surface area contributed by atoms with Gasteiger partial charge in [0, 0.05) is 25.2 Å². The minimum Gasteiger partial charge on any atom is -0.355 e. The van der Waals surface area contributed by atoms with Crippen molar-refractivity contribution in [2.75, 3.05) is 23.4 Å². The highest BCUT2D eigenvalue weighted by Crippen LogP contribution is 2.33. The van der Waals surface area contributed by atoms with Gasteiger partial charge in [0.15, 0.2) is 0 Å². The van der Waals surface area contributed by atoms with Crippen molar-refractivity contribution in [2.45, 2.75) is 12.3 Å². The monoisotopic (exact) mass is 333 g/mol. The van der Waals surface area contributed by atoms with Crippen LogP contribution in [-0.4, -0.2) is 23.1 Å². The molecule has 3 N–H and O–H groups in total. The predicted octanol–water partition coefficient (Wildman–Crippen LogP) is 2.52. The molecule has 0 aliphatic carbocycles. The second-order valence-corrected chi connectivity index (χ2v) is 5.71. The van der Waals surface area contributed by atoms with E-state index in [0.717, 1.165) is 29.8 Å². The third-order valence-electron chi connectivity index (χ3n) is 3.61. The van der Waals surface area contributed by atoms with Crippen LogP contribution in [0.25, 0.3) is 0 Å². The van der Waals surface area contributed by atoms with Crippen molar-refractivity contribution in [2.24, 2.45) is 5.84 Å². The molecule has 1 unspecified atom stereocenters. The number of hydrogen-bond acceptors (Lipinski definition) is 5. The molecule has 2 heterocycles. The molecule has 1 aromatic heterocycles. The molecule has 1 aliphatic rings. The average molecular weight is 334 g/mol. The first-order chi connectivity index (χ1) is 9.78. The van der Waals surface area contributed by atoms with E-state index in [1.165, 1.54) is 5.56 Å². The second-order valence-electron chi connectivity index (χ2n) is 4.85. The Hall–Kier alpha value is -1.66. The number of benzene rings is 1. The van der Waals surface area contributed by atoms with E-state index in [-0.39, 0.29) is 0 Å². The summed E-state index contributed by atoms with van der Waals surface area (Å²) in [6.07, 6.45) is 2.86. The van der Waals surface area contributed by atoms with Gasteiger partial charge in [-0.25, -0.2) is 10.8 Å². The van der Waals surface area contributed by atoms with Crippen molar-refractivity contribution >= 4 is 27.7 Å². The molecule has 0 radical (unpaired) electrons. The minimum absolute atomic E-state index is 0.436. The van der Waals surface area contributed by atoms with Crippen LogP contribution in [0.2, 0.25) is 0 Å². The van der Waals surface area contributed by atoms with Crippen molar-refractivity contribution in [3.05, 3.63) is 46.6 Å². The summed E-state index contributed by atoms with van der Waals surface area (Å²) in [5.41, 5.74) is 3.88. The van der Waals surface area contributed by atoms with Crippen molar-refractivity contribution in [3.63, 3.8) is 0 Å². The Kier molecular flexibility index (Phi) is 3.84. The van der Waals surface area contributed by atoms with E-state index in [1.54, 1.807) is 6.20 Å². The van der Waals surface area contributed by atoms with Crippen molar-refractivity contribution in [1.82, 2.24) is 9.97 Å². The van der Waals surface area contributed by atoms with Crippen LogP contribution < -0.4 is 16.2 Å². The normalized spacial score (nSPS) is 18.3. The Balaban J connectivity index is 1.80. The van der Waals surface area contributed by atoms with Gasteiger partial charge in [-0.2, -0.15) is 4.98 Å². The van der Waals surface area contributed by atoms with E-state index < -0.39 is 0 Å². The quantitative estimate of drug-likeness (QED) is 0.667. The van der Waals surface area contributed by atoms with Crippen LogP contribution in [-0.2, 0) is 0 Å². The molecule has 6 heteroatoms. The van der Waals surface area contributed by atoms with Crippen molar-refractivity contribution in [3.8, 4) is 0 Å². The first-order valence-electron chi connectivity index (χ1n) is 6.57. The molecule has 2 aromatic rings. The Morgan fingerprint density at radius 1 is 1.30 bits per heavy atom. The fourth-order valence-electron chi connectivity index (χ4n) is 2.60. The van der Waals surface area contributed by atoms with Crippen LogP contribution >= 0.6 is 15.9 Å². The van der Waals surface area contributed by atoms with Crippen molar-refractivity contribution in [1.29, 1.82) is 0 Å². The summed E-state index contributed by atoms with van der Waals surface area (Å²) in [5.74, 6) is 7.26. The van der Waals surface area contributed by atoms with E-state index in [1.807, 2.05) is 0 Å². The summed E-state index contributed by atoms with van der Waals surface area (Å²) in [4.78, 5) is 10.8. The summed E-state index contributed by atoms with van der Waals surface area (Å²) < 4.78 is 0.894. The molecule has 1 aliphatic heterocycles. The van der Waals surface area contributed by atoms with Crippen molar-refractivity contribution < 1.29 is 0 Å².